The van der Waals surface area contributed by atoms with Gasteiger partial charge in [0, 0.05) is 12.1 Å². The third kappa shape index (κ3) is 43.1. The van der Waals surface area contributed by atoms with Crippen molar-refractivity contribution in [3.63, 3.8) is 0 Å². The van der Waals surface area contributed by atoms with Crippen LogP contribution in [0.1, 0.15) is 65.2 Å². The van der Waals surface area contributed by atoms with Crippen LogP contribution in [0, 0.1) is 0 Å². The maximum absolute atomic E-state index is 5.55. The van der Waals surface area contributed by atoms with Gasteiger partial charge in [0.15, 0.2) is 0 Å². The van der Waals surface area contributed by atoms with Crippen molar-refractivity contribution in [1.29, 1.82) is 0 Å². The predicted molar refractivity (Wildman–Crippen MR) is 126 cm³/mol. The molecule has 24 heavy (non-hydrogen) atoms. The van der Waals surface area contributed by atoms with Crippen molar-refractivity contribution >= 4 is 34.0 Å². The summed E-state index contributed by atoms with van der Waals surface area (Å²) in [5.74, 6) is 0. The Balaban J connectivity index is -0.0000000730. The molecular weight excluding hydrogens is 428 g/mol. The van der Waals surface area contributed by atoms with Gasteiger partial charge in [0.1, 0.15) is 0 Å². The van der Waals surface area contributed by atoms with E-state index in [1.807, 2.05) is 24.3 Å². The van der Waals surface area contributed by atoms with Crippen LogP contribution < -0.4 is 11.5 Å². The van der Waals surface area contributed by atoms with E-state index in [0.29, 0.717) is 0 Å². The summed E-state index contributed by atoms with van der Waals surface area (Å²) in [6, 6.07) is 0.454. The molecule has 0 saturated heterocycles. The molecule has 0 saturated carbocycles. The SMILES string of the molecule is Br.Br.C=CCC(N)CC=C.C=CCC(N)CC=C.CCCCCC. The summed E-state index contributed by atoms with van der Waals surface area (Å²) in [6.07, 6.45) is 16.4. The van der Waals surface area contributed by atoms with Crippen LogP contribution in [-0.2, 0) is 0 Å². The molecule has 0 aliphatic heterocycles. The van der Waals surface area contributed by atoms with E-state index in [2.05, 4.69) is 40.2 Å². The van der Waals surface area contributed by atoms with Crippen molar-refractivity contribution in [1.82, 2.24) is 0 Å². The van der Waals surface area contributed by atoms with Gasteiger partial charge >= 0.3 is 0 Å². The van der Waals surface area contributed by atoms with E-state index in [9.17, 15) is 0 Å². The summed E-state index contributed by atoms with van der Waals surface area (Å²) < 4.78 is 0. The number of halogens is 2. The molecule has 4 N–H and O–H groups in total. The lowest BCUT2D eigenvalue weighted by Crippen LogP contribution is -2.17. The zero-order chi connectivity index (χ0) is 17.6. The van der Waals surface area contributed by atoms with Gasteiger partial charge in [-0.05, 0) is 25.7 Å². The molecule has 0 rings (SSSR count). The predicted octanol–water partition coefficient (Wildman–Crippen LogP) is 6.67. The van der Waals surface area contributed by atoms with Crippen LogP contribution >= 0.6 is 34.0 Å². The molecule has 0 aliphatic rings. The van der Waals surface area contributed by atoms with Crippen LogP contribution in [0.25, 0.3) is 0 Å². The fourth-order valence-corrected chi connectivity index (χ4v) is 1.55. The van der Waals surface area contributed by atoms with Gasteiger partial charge in [0.05, 0.1) is 0 Å². The highest BCUT2D eigenvalue weighted by molar-refractivity contribution is 8.93. The molecule has 4 heteroatoms. The van der Waals surface area contributed by atoms with Crippen molar-refractivity contribution in [2.75, 3.05) is 0 Å². The van der Waals surface area contributed by atoms with Crippen molar-refractivity contribution in [3.05, 3.63) is 50.6 Å². The van der Waals surface area contributed by atoms with Crippen molar-refractivity contribution in [2.24, 2.45) is 11.5 Å². The Bertz CT molecular complexity index is 210. The van der Waals surface area contributed by atoms with Crippen molar-refractivity contribution in [3.8, 4) is 0 Å². The van der Waals surface area contributed by atoms with E-state index in [-0.39, 0.29) is 46.0 Å². The largest absolute Gasteiger partial charge is 0.327 e. The molecule has 0 aromatic carbocycles. The summed E-state index contributed by atoms with van der Waals surface area (Å²) in [5.41, 5.74) is 11.1. The van der Waals surface area contributed by atoms with E-state index < -0.39 is 0 Å². The maximum atomic E-state index is 5.55. The molecule has 0 atom stereocenters. The van der Waals surface area contributed by atoms with E-state index in [1.54, 1.807) is 0 Å². The zero-order valence-electron chi connectivity index (χ0n) is 15.9. The Morgan fingerprint density at radius 1 is 0.625 bits per heavy atom. The fraction of sp³-hybridized carbons (Fsp3) is 0.600. The first kappa shape index (κ1) is 35.0. The average Bonchev–Trinajstić information content (AvgIpc) is 2.47. The topological polar surface area (TPSA) is 52.0 Å². The van der Waals surface area contributed by atoms with Crippen LogP contribution in [0.4, 0.5) is 0 Å². The van der Waals surface area contributed by atoms with Crippen LogP contribution in [-0.4, -0.2) is 12.1 Å². The second-order valence-electron chi connectivity index (χ2n) is 5.32. The zero-order valence-corrected chi connectivity index (χ0v) is 19.3. The summed E-state index contributed by atoms with van der Waals surface area (Å²) in [7, 11) is 0. The minimum Gasteiger partial charge on any atom is -0.327 e. The molecule has 0 aliphatic carbocycles. The lowest BCUT2D eigenvalue weighted by atomic mass is 10.1. The molecule has 0 fully saturated rings. The van der Waals surface area contributed by atoms with E-state index in [4.69, 9.17) is 11.5 Å². The number of unbranched alkanes of at least 4 members (excludes halogenated alkanes) is 3. The molecular formula is C20H42Br2N2. The first-order valence-electron chi connectivity index (χ1n) is 8.48. The second kappa shape index (κ2) is 34.2. The van der Waals surface area contributed by atoms with Crippen molar-refractivity contribution in [2.45, 2.75) is 77.3 Å². The van der Waals surface area contributed by atoms with Crippen LogP contribution in [0.3, 0.4) is 0 Å². The smallest absolute Gasteiger partial charge is 0.0108 e. The minimum absolute atomic E-state index is 0. The summed E-state index contributed by atoms with van der Waals surface area (Å²) >= 11 is 0. The van der Waals surface area contributed by atoms with E-state index in [0.717, 1.165) is 25.7 Å². The standard InChI is InChI=1S/2C7H13N.C6H14.2BrH/c2*1-3-5-7(8)6-4-2;1-3-5-6-4-2;;/h2*3-4,7H,1-2,5-6,8H2;3-6H2,1-2H3;2*1H. The fourth-order valence-electron chi connectivity index (χ4n) is 1.55. The number of rotatable bonds is 11. The second-order valence-corrected chi connectivity index (χ2v) is 5.32. The molecule has 0 bridgehead atoms. The molecule has 0 aromatic heterocycles. The van der Waals surface area contributed by atoms with Gasteiger partial charge in [-0.15, -0.1) is 60.3 Å². The Labute approximate surface area is 173 Å². The summed E-state index contributed by atoms with van der Waals surface area (Å²) in [4.78, 5) is 0. The maximum Gasteiger partial charge on any atom is 0.0108 e. The van der Waals surface area contributed by atoms with Gasteiger partial charge in [-0.3, -0.25) is 0 Å². The molecule has 0 spiro atoms. The highest BCUT2D eigenvalue weighted by atomic mass is 79.9. The van der Waals surface area contributed by atoms with E-state index >= 15 is 0 Å². The van der Waals surface area contributed by atoms with Gasteiger partial charge in [0.25, 0.3) is 0 Å². The lowest BCUT2D eigenvalue weighted by Gasteiger charge is -2.01. The Hall–Kier alpha value is -0.160. The van der Waals surface area contributed by atoms with Crippen LogP contribution in [0.15, 0.2) is 50.6 Å². The highest BCUT2D eigenvalue weighted by Gasteiger charge is 1.93. The Morgan fingerprint density at radius 3 is 0.958 bits per heavy atom. The summed E-state index contributed by atoms with van der Waals surface area (Å²) in [6.45, 7) is 18.7. The van der Waals surface area contributed by atoms with E-state index in [1.165, 1.54) is 25.7 Å². The van der Waals surface area contributed by atoms with Gasteiger partial charge in [0.2, 0.25) is 0 Å². The number of hydrogen-bond donors (Lipinski definition) is 2. The normalized spacial score (nSPS) is 8.42. The molecule has 2 nitrogen and oxygen atoms in total. The van der Waals surface area contributed by atoms with Crippen LogP contribution in [0.5, 0.6) is 0 Å². The monoisotopic (exact) mass is 468 g/mol. The Kier molecular flexibility index (Phi) is 50.0. The highest BCUT2D eigenvalue weighted by Crippen LogP contribution is 1.95. The van der Waals surface area contributed by atoms with Crippen molar-refractivity contribution < 1.29 is 0 Å². The first-order valence-corrected chi connectivity index (χ1v) is 8.48. The molecule has 0 unspecified atom stereocenters. The van der Waals surface area contributed by atoms with Gasteiger partial charge < -0.3 is 11.5 Å². The third-order valence-electron chi connectivity index (χ3n) is 2.83. The van der Waals surface area contributed by atoms with Gasteiger partial charge in [-0.2, -0.15) is 0 Å². The molecule has 0 amide bonds. The number of nitrogens with two attached hydrogens (primary N) is 2. The quantitative estimate of drug-likeness (QED) is 0.262. The molecule has 146 valence electrons. The van der Waals surface area contributed by atoms with Gasteiger partial charge in [-0.25, -0.2) is 0 Å². The number of hydrogen-bond acceptors (Lipinski definition) is 2. The van der Waals surface area contributed by atoms with Gasteiger partial charge in [-0.1, -0.05) is 63.8 Å². The minimum atomic E-state index is 0. The average molecular weight is 470 g/mol. The van der Waals surface area contributed by atoms with Crippen LogP contribution in [0.2, 0.25) is 0 Å². The molecule has 0 heterocycles. The lowest BCUT2D eigenvalue weighted by molar-refractivity contribution is 0.695. The molecule has 0 radical (unpaired) electrons. The summed E-state index contributed by atoms with van der Waals surface area (Å²) in [5, 5.41) is 0. The Morgan fingerprint density at radius 2 is 0.833 bits per heavy atom. The third-order valence-corrected chi connectivity index (χ3v) is 2.83. The molecule has 0 aromatic rings. The first-order chi connectivity index (χ1) is 10.5.